The van der Waals surface area contributed by atoms with Crippen molar-refractivity contribution in [3.8, 4) is 12.3 Å². The molecule has 0 unspecified atom stereocenters. The van der Waals surface area contributed by atoms with Crippen LogP contribution in [-0.4, -0.2) is 18.2 Å². The first-order chi connectivity index (χ1) is 7.19. The fraction of sp³-hybridized carbons (Fsp3) is 0.250. The van der Waals surface area contributed by atoms with E-state index in [0.29, 0.717) is 11.1 Å². The molecule has 0 radical (unpaired) electrons. The van der Waals surface area contributed by atoms with E-state index < -0.39 is 12.1 Å². The molecule has 0 amide bonds. The van der Waals surface area contributed by atoms with Crippen molar-refractivity contribution in [2.24, 2.45) is 0 Å². The molecule has 0 aromatic heterocycles. The maximum absolute atomic E-state index is 11.0. The van der Waals surface area contributed by atoms with E-state index in [1.54, 1.807) is 24.3 Å². The van der Waals surface area contributed by atoms with Gasteiger partial charge in [0.05, 0.1) is 19.6 Å². The highest BCUT2D eigenvalue weighted by Gasteiger charge is 2.15. The first kappa shape index (κ1) is 11.3. The third-order valence-electron chi connectivity index (χ3n) is 2.06. The van der Waals surface area contributed by atoms with Crippen LogP contribution in [0.2, 0.25) is 0 Å². The van der Waals surface area contributed by atoms with Crippen LogP contribution in [0.3, 0.4) is 0 Å². The topological polar surface area (TPSA) is 46.5 Å². The van der Waals surface area contributed by atoms with E-state index in [9.17, 15) is 9.90 Å². The lowest BCUT2D eigenvalue weighted by molar-refractivity contribution is -0.142. The highest BCUT2D eigenvalue weighted by molar-refractivity contribution is 5.70. The predicted molar refractivity (Wildman–Crippen MR) is 56.0 cm³/mol. The van der Waals surface area contributed by atoms with E-state index in [2.05, 4.69) is 10.7 Å². The summed E-state index contributed by atoms with van der Waals surface area (Å²) < 4.78 is 4.47. The van der Waals surface area contributed by atoms with Crippen molar-refractivity contribution in [1.29, 1.82) is 0 Å². The summed E-state index contributed by atoms with van der Waals surface area (Å²) in [4.78, 5) is 11.0. The Bertz CT molecular complexity index is 390. The molecule has 1 atom stereocenters. The smallest absolute Gasteiger partial charge is 0.308 e. The van der Waals surface area contributed by atoms with E-state index >= 15 is 0 Å². The van der Waals surface area contributed by atoms with E-state index in [1.807, 2.05) is 0 Å². The van der Waals surface area contributed by atoms with Crippen LogP contribution < -0.4 is 0 Å². The van der Waals surface area contributed by atoms with E-state index in [1.165, 1.54) is 7.11 Å². The van der Waals surface area contributed by atoms with E-state index in [0.717, 1.165) is 0 Å². The van der Waals surface area contributed by atoms with Gasteiger partial charge >= 0.3 is 5.97 Å². The largest absolute Gasteiger partial charge is 0.469 e. The van der Waals surface area contributed by atoms with Crippen molar-refractivity contribution in [2.75, 3.05) is 7.11 Å². The van der Waals surface area contributed by atoms with Crippen LogP contribution in [0.25, 0.3) is 0 Å². The van der Waals surface area contributed by atoms with Crippen LogP contribution in [0.5, 0.6) is 0 Å². The number of aliphatic hydroxyl groups excluding tert-OH is 1. The second-order valence-corrected chi connectivity index (χ2v) is 3.03. The standard InChI is InChI=1S/C12H12O3/c1-3-9-6-4-5-7-10(9)11(13)8-12(14)15-2/h1,4-7,11,13H,8H2,2H3/t11-/m1/s1. The monoisotopic (exact) mass is 204 g/mol. The molecule has 0 bridgehead atoms. The molecular formula is C12H12O3. The maximum Gasteiger partial charge on any atom is 0.308 e. The zero-order valence-corrected chi connectivity index (χ0v) is 8.43. The number of methoxy groups -OCH3 is 1. The Labute approximate surface area is 88.7 Å². The average Bonchev–Trinajstić information content (AvgIpc) is 2.28. The Kier molecular flexibility index (Phi) is 3.90. The van der Waals surface area contributed by atoms with E-state index in [4.69, 9.17) is 6.42 Å². The minimum absolute atomic E-state index is 0.0881. The molecule has 1 aromatic carbocycles. The average molecular weight is 204 g/mol. The first-order valence-electron chi connectivity index (χ1n) is 4.49. The van der Waals surface area contributed by atoms with Crippen molar-refractivity contribution < 1.29 is 14.6 Å². The molecule has 0 aliphatic carbocycles. The number of aliphatic hydroxyl groups is 1. The molecule has 78 valence electrons. The number of hydrogen-bond acceptors (Lipinski definition) is 3. The van der Waals surface area contributed by atoms with Gasteiger partial charge in [0.25, 0.3) is 0 Å². The third-order valence-corrected chi connectivity index (χ3v) is 2.06. The molecule has 0 fully saturated rings. The van der Waals surface area contributed by atoms with Crippen LogP contribution in [0.1, 0.15) is 23.7 Å². The summed E-state index contributed by atoms with van der Waals surface area (Å²) in [6, 6.07) is 6.96. The lowest BCUT2D eigenvalue weighted by Gasteiger charge is -2.11. The Hall–Kier alpha value is -1.79. The lowest BCUT2D eigenvalue weighted by atomic mass is 10.0. The molecule has 0 heterocycles. The summed E-state index contributed by atoms with van der Waals surface area (Å²) in [6.45, 7) is 0. The van der Waals surface area contributed by atoms with Crippen LogP contribution >= 0.6 is 0 Å². The molecular weight excluding hydrogens is 192 g/mol. The van der Waals surface area contributed by atoms with Gasteiger partial charge in [-0.1, -0.05) is 24.1 Å². The van der Waals surface area contributed by atoms with Crippen LogP contribution in [0, 0.1) is 12.3 Å². The third kappa shape index (κ3) is 2.83. The minimum atomic E-state index is -0.912. The predicted octanol–water partition coefficient (Wildman–Crippen LogP) is 1.26. The van der Waals surface area contributed by atoms with Gasteiger partial charge in [-0.3, -0.25) is 4.79 Å². The van der Waals surface area contributed by atoms with Gasteiger partial charge in [0.15, 0.2) is 0 Å². The van der Waals surface area contributed by atoms with Gasteiger partial charge in [-0.25, -0.2) is 0 Å². The number of carbonyl (C=O) groups is 1. The fourth-order valence-corrected chi connectivity index (χ4v) is 1.27. The molecule has 0 saturated heterocycles. The molecule has 0 aliphatic heterocycles. The van der Waals surface area contributed by atoms with E-state index in [-0.39, 0.29) is 6.42 Å². The number of hydrogen-bond donors (Lipinski definition) is 1. The first-order valence-corrected chi connectivity index (χ1v) is 4.49. The Balaban J connectivity index is 2.87. The highest BCUT2D eigenvalue weighted by Crippen LogP contribution is 2.20. The summed E-state index contributed by atoms with van der Waals surface area (Å²) in [5.74, 6) is 1.99. The van der Waals surface area contributed by atoms with Gasteiger partial charge in [-0.2, -0.15) is 0 Å². The summed E-state index contributed by atoms with van der Waals surface area (Å²) in [5.41, 5.74) is 1.17. The zero-order valence-electron chi connectivity index (χ0n) is 8.43. The van der Waals surface area contributed by atoms with Crippen LogP contribution in [0.4, 0.5) is 0 Å². The van der Waals surface area contributed by atoms with Gasteiger partial charge < -0.3 is 9.84 Å². The number of carbonyl (C=O) groups excluding carboxylic acids is 1. The van der Waals surface area contributed by atoms with Gasteiger partial charge in [0.1, 0.15) is 0 Å². The molecule has 0 spiro atoms. The number of ether oxygens (including phenoxy) is 1. The Morgan fingerprint density at radius 2 is 2.27 bits per heavy atom. The van der Waals surface area contributed by atoms with Gasteiger partial charge in [-0.15, -0.1) is 6.42 Å². The molecule has 1 rings (SSSR count). The number of rotatable bonds is 3. The summed E-state index contributed by atoms with van der Waals surface area (Å²) in [7, 11) is 1.28. The number of esters is 1. The molecule has 0 aliphatic rings. The zero-order chi connectivity index (χ0) is 11.3. The van der Waals surface area contributed by atoms with Crippen LogP contribution in [0.15, 0.2) is 24.3 Å². The van der Waals surface area contributed by atoms with Gasteiger partial charge in [-0.05, 0) is 11.6 Å². The number of benzene rings is 1. The summed E-state index contributed by atoms with van der Waals surface area (Å²) in [5, 5.41) is 9.74. The van der Waals surface area contributed by atoms with Crippen molar-refractivity contribution in [1.82, 2.24) is 0 Å². The Morgan fingerprint density at radius 1 is 1.60 bits per heavy atom. The number of terminal acetylenes is 1. The Morgan fingerprint density at radius 3 is 2.87 bits per heavy atom. The SMILES string of the molecule is C#Cc1ccccc1[C@H](O)CC(=O)OC. The van der Waals surface area contributed by atoms with Crippen molar-refractivity contribution in [3.63, 3.8) is 0 Å². The minimum Gasteiger partial charge on any atom is -0.469 e. The van der Waals surface area contributed by atoms with Crippen molar-refractivity contribution in [2.45, 2.75) is 12.5 Å². The summed E-state index contributed by atoms with van der Waals surface area (Å²) in [6.07, 6.45) is 4.27. The molecule has 3 heteroatoms. The van der Waals surface area contributed by atoms with Gasteiger partial charge in [0.2, 0.25) is 0 Å². The molecule has 1 aromatic rings. The second-order valence-electron chi connectivity index (χ2n) is 3.03. The maximum atomic E-state index is 11.0. The molecule has 1 N–H and O–H groups in total. The normalized spacial score (nSPS) is 11.5. The van der Waals surface area contributed by atoms with Crippen molar-refractivity contribution >= 4 is 5.97 Å². The van der Waals surface area contributed by atoms with Crippen molar-refractivity contribution in [3.05, 3.63) is 35.4 Å². The summed E-state index contributed by atoms with van der Waals surface area (Å²) >= 11 is 0. The molecule has 3 nitrogen and oxygen atoms in total. The fourth-order valence-electron chi connectivity index (χ4n) is 1.27. The quantitative estimate of drug-likeness (QED) is 0.595. The van der Waals surface area contributed by atoms with Crippen LogP contribution in [-0.2, 0) is 9.53 Å². The lowest BCUT2D eigenvalue weighted by Crippen LogP contribution is -2.09. The molecule has 0 saturated carbocycles. The molecule has 15 heavy (non-hydrogen) atoms. The van der Waals surface area contributed by atoms with Gasteiger partial charge in [0, 0.05) is 5.56 Å². The highest BCUT2D eigenvalue weighted by atomic mass is 16.5. The second kappa shape index (κ2) is 5.18.